The first-order chi connectivity index (χ1) is 38.0. The molecule has 8 nitrogen and oxygen atoms in total. The van der Waals surface area contributed by atoms with E-state index in [4.69, 9.17) is 9.05 Å². The average molecular weight is 1130 g/mol. The zero-order valence-corrected chi connectivity index (χ0v) is 54.6. The summed E-state index contributed by atoms with van der Waals surface area (Å²) >= 11 is 0. The highest BCUT2D eigenvalue weighted by Crippen LogP contribution is 2.38. The van der Waals surface area contributed by atoms with Crippen LogP contribution < -0.4 is 10.2 Å². The van der Waals surface area contributed by atoms with Crippen molar-refractivity contribution in [1.82, 2.24) is 5.32 Å². The van der Waals surface area contributed by atoms with Crippen LogP contribution in [0.4, 0.5) is 0 Å². The molecule has 3 unspecified atom stereocenters. The predicted molar refractivity (Wildman–Crippen MR) is 339 cm³/mol. The molecule has 0 spiro atoms. The molecule has 3 atom stereocenters. The number of aliphatic hydroxyl groups is 1. The van der Waals surface area contributed by atoms with E-state index in [0.29, 0.717) is 23.9 Å². The lowest BCUT2D eigenvalue weighted by molar-refractivity contribution is -0.870. The number of unbranched alkanes of at least 4 members (excludes halogenated alkanes) is 54. The number of hydrogen-bond acceptors (Lipinski definition) is 6. The van der Waals surface area contributed by atoms with Crippen molar-refractivity contribution in [2.45, 2.75) is 398 Å². The van der Waals surface area contributed by atoms with Crippen LogP contribution in [0.5, 0.6) is 0 Å². The van der Waals surface area contributed by atoms with Crippen LogP contribution in [0.25, 0.3) is 0 Å². The second-order valence-electron chi connectivity index (χ2n) is 26.0. The fraction of sp³-hybridized carbons (Fsp3) is 0.986. The standard InChI is InChI=1S/C69H141N2O6P/c1-6-8-10-12-14-16-18-20-22-23-24-25-26-27-28-29-30-31-32-33-34-35-36-37-38-39-40-41-42-43-44-45-46-47-49-51-53-55-57-59-61-63-69(73)70-67(66-77-78(74,75)76-65-64-71(3,4)5)68(72)62-60-58-56-54-52-50-48-21-19-17-15-13-11-9-7-2/h67-68,72H,6-66H2,1-5H3,(H-,70,73,74,75). The van der Waals surface area contributed by atoms with Crippen LogP contribution in [0.3, 0.4) is 0 Å². The highest BCUT2D eigenvalue weighted by Gasteiger charge is 2.24. The summed E-state index contributed by atoms with van der Waals surface area (Å²) in [6.07, 6.45) is 76.4. The Bertz CT molecular complexity index is 1230. The van der Waals surface area contributed by atoms with Crippen LogP contribution in [0, 0.1) is 0 Å². The van der Waals surface area contributed by atoms with Gasteiger partial charge in [-0.05, 0) is 12.8 Å². The smallest absolute Gasteiger partial charge is 0.268 e. The quantitative estimate of drug-likeness (QED) is 0.0357. The van der Waals surface area contributed by atoms with Crippen molar-refractivity contribution in [3.05, 3.63) is 0 Å². The van der Waals surface area contributed by atoms with Gasteiger partial charge in [0.05, 0.1) is 39.9 Å². The number of nitrogens with zero attached hydrogens (tertiary/aromatic N) is 1. The predicted octanol–water partition coefficient (Wildman–Crippen LogP) is 21.7. The molecule has 0 aliphatic carbocycles. The summed E-state index contributed by atoms with van der Waals surface area (Å²) < 4.78 is 23.5. The van der Waals surface area contributed by atoms with Gasteiger partial charge in [-0.3, -0.25) is 9.36 Å². The van der Waals surface area contributed by atoms with Gasteiger partial charge >= 0.3 is 0 Å². The Kier molecular flexibility index (Phi) is 60.7. The zero-order valence-electron chi connectivity index (χ0n) is 53.7. The van der Waals surface area contributed by atoms with Gasteiger partial charge in [0.1, 0.15) is 13.2 Å². The number of likely N-dealkylation sites (N-methyl/N-ethyl adjacent to an activating group) is 1. The number of phosphoric acid groups is 1. The molecule has 0 aliphatic rings. The second kappa shape index (κ2) is 61.1. The highest BCUT2D eigenvalue weighted by molar-refractivity contribution is 7.45. The van der Waals surface area contributed by atoms with Crippen LogP contribution in [-0.4, -0.2) is 68.5 Å². The molecular weight excluding hydrogens is 984 g/mol. The Morgan fingerprint density at radius 1 is 0.397 bits per heavy atom. The fourth-order valence-corrected chi connectivity index (χ4v) is 12.1. The molecule has 0 fully saturated rings. The van der Waals surface area contributed by atoms with Crippen molar-refractivity contribution in [2.75, 3.05) is 40.9 Å². The first-order valence-electron chi connectivity index (χ1n) is 35.4. The van der Waals surface area contributed by atoms with Gasteiger partial charge in [0.25, 0.3) is 7.82 Å². The van der Waals surface area contributed by atoms with Crippen LogP contribution in [0.1, 0.15) is 386 Å². The van der Waals surface area contributed by atoms with E-state index in [9.17, 15) is 19.4 Å². The maximum atomic E-state index is 13.0. The van der Waals surface area contributed by atoms with Crippen LogP contribution in [0.15, 0.2) is 0 Å². The number of aliphatic hydroxyl groups excluding tert-OH is 1. The summed E-state index contributed by atoms with van der Waals surface area (Å²) in [6.45, 7) is 4.78. The number of nitrogens with one attached hydrogen (secondary N) is 1. The van der Waals surface area contributed by atoms with Crippen molar-refractivity contribution < 1.29 is 32.9 Å². The minimum atomic E-state index is -4.57. The van der Waals surface area contributed by atoms with E-state index in [1.54, 1.807) is 0 Å². The fourth-order valence-electron chi connectivity index (χ4n) is 11.3. The van der Waals surface area contributed by atoms with E-state index in [2.05, 4.69) is 19.2 Å². The molecule has 0 saturated carbocycles. The Morgan fingerprint density at radius 2 is 0.628 bits per heavy atom. The van der Waals surface area contributed by atoms with Crippen molar-refractivity contribution in [3.8, 4) is 0 Å². The minimum absolute atomic E-state index is 0.0167. The maximum absolute atomic E-state index is 13.0. The molecule has 0 heterocycles. The summed E-state index contributed by atoms with van der Waals surface area (Å²) in [6, 6.07) is -0.795. The Balaban J connectivity index is 3.78. The second-order valence-corrected chi connectivity index (χ2v) is 27.4. The first-order valence-corrected chi connectivity index (χ1v) is 36.8. The third-order valence-electron chi connectivity index (χ3n) is 16.8. The summed E-state index contributed by atoms with van der Waals surface area (Å²) in [5, 5.41) is 14.0. The van der Waals surface area contributed by atoms with E-state index >= 15 is 0 Å². The molecule has 1 amide bonds. The Morgan fingerprint density at radius 3 is 0.872 bits per heavy atom. The number of hydrogen-bond donors (Lipinski definition) is 2. The first kappa shape index (κ1) is 77.5. The molecule has 2 N–H and O–H groups in total. The summed E-state index contributed by atoms with van der Waals surface area (Å²) in [5.41, 5.74) is 0. The molecule has 78 heavy (non-hydrogen) atoms. The SMILES string of the molecule is CCCCCCCCCCCCCCCCCCCCCCCCCCCCCCCCCCCCCCCCCCCC(=O)NC(COP(=O)([O-])OCC[N+](C)(C)C)C(O)CCCCCCCCCCCCCCCCC. The third kappa shape index (κ3) is 63.1. The lowest BCUT2D eigenvalue weighted by Crippen LogP contribution is -2.46. The number of rotatable bonds is 67. The topological polar surface area (TPSA) is 108 Å². The molecule has 0 aromatic rings. The molecule has 0 radical (unpaired) electrons. The van der Waals surface area contributed by atoms with Gasteiger partial charge in [0, 0.05) is 6.42 Å². The Hall–Kier alpha value is -0.500. The van der Waals surface area contributed by atoms with E-state index < -0.39 is 20.0 Å². The van der Waals surface area contributed by atoms with Crippen LogP contribution >= 0.6 is 7.82 Å². The molecule has 0 aliphatic heterocycles. The number of carbonyl (C=O) groups excluding carboxylic acids is 1. The zero-order chi connectivity index (χ0) is 57.0. The van der Waals surface area contributed by atoms with E-state index in [-0.39, 0.29) is 19.1 Å². The molecular formula is C69H141N2O6P. The Labute approximate surface area is 489 Å². The average Bonchev–Trinajstić information content (AvgIpc) is 3.41. The van der Waals surface area contributed by atoms with Gasteiger partial charge in [-0.1, -0.05) is 367 Å². The van der Waals surface area contributed by atoms with E-state index in [0.717, 1.165) is 38.5 Å². The van der Waals surface area contributed by atoms with Gasteiger partial charge in [0.15, 0.2) is 0 Å². The van der Waals surface area contributed by atoms with Gasteiger partial charge in [-0.25, -0.2) is 0 Å². The summed E-state index contributed by atoms with van der Waals surface area (Å²) in [4.78, 5) is 25.6. The maximum Gasteiger partial charge on any atom is 0.268 e. The lowest BCUT2D eigenvalue weighted by Gasteiger charge is -2.30. The molecule has 468 valence electrons. The normalized spacial score (nSPS) is 13.6. The van der Waals surface area contributed by atoms with Crippen LogP contribution in [0.2, 0.25) is 0 Å². The number of amides is 1. The highest BCUT2D eigenvalue weighted by atomic mass is 31.2. The number of phosphoric ester groups is 1. The van der Waals surface area contributed by atoms with E-state index in [1.165, 1.54) is 321 Å². The molecule has 9 heteroatoms. The summed E-state index contributed by atoms with van der Waals surface area (Å²) in [5.74, 6) is -0.155. The monoisotopic (exact) mass is 1130 g/mol. The van der Waals surface area contributed by atoms with Crippen molar-refractivity contribution in [2.24, 2.45) is 0 Å². The molecule has 0 saturated heterocycles. The minimum Gasteiger partial charge on any atom is -0.756 e. The van der Waals surface area contributed by atoms with Crippen molar-refractivity contribution >= 4 is 13.7 Å². The third-order valence-corrected chi connectivity index (χ3v) is 17.8. The lowest BCUT2D eigenvalue weighted by atomic mass is 10.0. The van der Waals surface area contributed by atoms with Gasteiger partial charge < -0.3 is 28.8 Å². The summed E-state index contributed by atoms with van der Waals surface area (Å²) in [7, 11) is 1.33. The van der Waals surface area contributed by atoms with Gasteiger partial charge in [0.2, 0.25) is 5.91 Å². The van der Waals surface area contributed by atoms with E-state index in [1.807, 2.05) is 21.1 Å². The molecule has 0 rings (SSSR count). The molecule has 0 aromatic heterocycles. The molecule has 0 bridgehead atoms. The van der Waals surface area contributed by atoms with Crippen molar-refractivity contribution in [3.63, 3.8) is 0 Å². The largest absolute Gasteiger partial charge is 0.756 e. The number of carbonyl (C=O) groups is 1. The number of quaternary nitrogens is 1. The van der Waals surface area contributed by atoms with Crippen molar-refractivity contribution in [1.29, 1.82) is 0 Å². The molecule has 0 aromatic carbocycles. The van der Waals surface area contributed by atoms with Gasteiger partial charge in [-0.15, -0.1) is 0 Å². The van der Waals surface area contributed by atoms with Gasteiger partial charge in [-0.2, -0.15) is 0 Å². The van der Waals surface area contributed by atoms with Crippen LogP contribution in [-0.2, 0) is 18.4 Å².